The molecule has 152 valence electrons. The highest BCUT2D eigenvalue weighted by Gasteiger charge is 2.45. The average Bonchev–Trinajstić information content (AvgIpc) is 2.73. The summed E-state index contributed by atoms with van der Waals surface area (Å²) in [6.07, 6.45) is 0. The van der Waals surface area contributed by atoms with Gasteiger partial charge in [-0.25, -0.2) is 0 Å². The summed E-state index contributed by atoms with van der Waals surface area (Å²) in [5.41, 5.74) is 3.37. The summed E-state index contributed by atoms with van der Waals surface area (Å²) in [5.74, 6) is 2.30. The minimum Gasteiger partial charge on any atom is -0.497 e. The molecule has 3 rings (SSSR count). The molecule has 29 heavy (non-hydrogen) atoms. The molecule has 0 aliphatic heterocycles. The van der Waals surface area contributed by atoms with Crippen molar-refractivity contribution in [3.8, 4) is 17.2 Å². The van der Waals surface area contributed by atoms with Crippen LogP contribution in [0.5, 0.6) is 17.2 Å². The van der Waals surface area contributed by atoms with E-state index in [4.69, 9.17) is 25.3 Å². The van der Waals surface area contributed by atoms with Gasteiger partial charge in [-0.2, -0.15) is 0 Å². The van der Waals surface area contributed by atoms with E-state index in [2.05, 4.69) is 39.0 Å². The highest BCUT2D eigenvalue weighted by molar-refractivity contribution is 7.41. The second kappa shape index (κ2) is 8.52. The van der Waals surface area contributed by atoms with Crippen molar-refractivity contribution in [1.82, 2.24) is 0 Å². The molecule has 3 nitrogen and oxygen atoms in total. The van der Waals surface area contributed by atoms with Crippen LogP contribution in [0.15, 0.2) is 54.6 Å². The van der Waals surface area contributed by atoms with Gasteiger partial charge in [-0.15, -0.1) is 11.1 Å². The second-order valence-corrected chi connectivity index (χ2v) is 11.9. The number of rotatable bonds is 6. The molecule has 0 saturated carbocycles. The maximum Gasteiger partial charge on any atom is 0.258 e. The fourth-order valence-corrected chi connectivity index (χ4v) is 8.76. The Bertz CT molecular complexity index is 903. The van der Waals surface area contributed by atoms with E-state index in [0.29, 0.717) is 0 Å². The number of halogens is 1. The lowest BCUT2D eigenvalue weighted by atomic mass is 10.2. The molecule has 0 aromatic heterocycles. The van der Waals surface area contributed by atoms with Crippen LogP contribution in [0, 0.1) is 20.8 Å². The molecule has 0 heterocycles. The largest absolute Gasteiger partial charge is 0.497 e. The van der Waals surface area contributed by atoms with Gasteiger partial charge < -0.3 is 14.2 Å². The van der Waals surface area contributed by atoms with E-state index in [1.807, 2.05) is 36.4 Å². The van der Waals surface area contributed by atoms with E-state index in [1.165, 1.54) is 0 Å². The van der Waals surface area contributed by atoms with Gasteiger partial charge in [0.1, 0.15) is 17.2 Å². The van der Waals surface area contributed by atoms with Crippen molar-refractivity contribution >= 4 is 34.0 Å². The fourth-order valence-electron chi connectivity index (χ4n) is 3.71. The number of benzene rings is 3. The first kappa shape index (κ1) is 21.3. The molecule has 3 aromatic rings. The zero-order valence-corrected chi connectivity index (χ0v) is 19.6. The summed E-state index contributed by atoms with van der Waals surface area (Å²) in [4.78, 5) is 0. The Kier molecular flexibility index (Phi) is 6.25. The van der Waals surface area contributed by atoms with Gasteiger partial charge in [-0.3, -0.25) is 0 Å². The van der Waals surface area contributed by atoms with Crippen LogP contribution in [0.4, 0.5) is 0 Å². The monoisotopic (exact) mass is 426 g/mol. The quantitative estimate of drug-likeness (QED) is 0.340. The Labute approximate surface area is 178 Å². The molecular weight excluding hydrogens is 400 g/mol. The van der Waals surface area contributed by atoms with Gasteiger partial charge in [0.25, 0.3) is 7.38 Å². The van der Waals surface area contributed by atoms with Crippen molar-refractivity contribution in [3.63, 3.8) is 0 Å². The van der Waals surface area contributed by atoms with E-state index < -0.39 is 7.38 Å². The van der Waals surface area contributed by atoms with Gasteiger partial charge >= 0.3 is 0 Å². The van der Waals surface area contributed by atoms with E-state index in [9.17, 15) is 0 Å². The Hall–Kier alpha value is -2.43. The van der Waals surface area contributed by atoms with E-state index >= 15 is 0 Å². The molecule has 0 fully saturated rings. The van der Waals surface area contributed by atoms with Crippen molar-refractivity contribution < 1.29 is 14.2 Å². The van der Waals surface area contributed by atoms with E-state index in [0.717, 1.165) is 49.5 Å². The lowest BCUT2D eigenvalue weighted by Crippen LogP contribution is -2.63. The van der Waals surface area contributed by atoms with Crippen LogP contribution in [0.25, 0.3) is 0 Å². The van der Waals surface area contributed by atoms with E-state index in [-0.39, 0.29) is 0 Å². The molecule has 0 unspecified atom stereocenters. The first-order chi connectivity index (χ1) is 13.8. The van der Waals surface area contributed by atoms with Crippen LogP contribution in [0.2, 0.25) is 0 Å². The first-order valence-corrected chi connectivity index (χ1v) is 12.5. The molecule has 0 N–H and O–H groups in total. The summed E-state index contributed by atoms with van der Waals surface area (Å²) < 4.78 is 17.3. The smallest absolute Gasteiger partial charge is 0.258 e. The standard InChI is InChI=1S/C24H27ClO3Si/c1-16-7-10-19(26-4)22(13-16)29(25,23-14-17(2)8-11-20(23)27-5)24-15-18(3)9-12-21(24)28-6/h7-15H,1-6H3. The summed E-state index contributed by atoms with van der Waals surface area (Å²) >= 11 is 7.78. The second-order valence-electron chi connectivity index (χ2n) is 7.27. The number of aryl methyl sites for hydroxylation is 3. The Morgan fingerprint density at radius 1 is 0.552 bits per heavy atom. The molecule has 0 bridgehead atoms. The molecule has 0 radical (unpaired) electrons. The molecule has 0 atom stereocenters. The van der Waals surface area contributed by atoms with Gasteiger partial charge in [0.2, 0.25) is 0 Å². The van der Waals surface area contributed by atoms with Crippen LogP contribution >= 0.6 is 11.1 Å². The van der Waals surface area contributed by atoms with Crippen molar-refractivity contribution in [2.24, 2.45) is 0 Å². The van der Waals surface area contributed by atoms with Gasteiger partial charge in [0.15, 0.2) is 0 Å². The Morgan fingerprint density at radius 3 is 1.07 bits per heavy atom. The molecular formula is C24H27ClO3Si. The third-order valence-electron chi connectivity index (χ3n) is 5.18. The summed E-state index contributed by atoms with van der Waals surface area (Å²) in [6.45, 7) is 6.20. The van der Waals surface area contributed by atoms with Gasteiger partial charge in [0.05, 0.1) is 21.3 Å². The van der Waals surface area contributed by atoms with Crippen LogP contribution in [0.1, 0.15) is 16.7 Å². The maximum absolute atomic E-state index is 7.78. The van der Waals surface area contributed by atoms with Crippen molar-refractivity contribution in [2.45, 2.75) is 20.8 Å². The highest BCUT2D eigenvalue weighted by atomic mass is 35.6. The minimum atomic E-state index is -3.07. The van der Waals surface area contributed by atoms with Crippen LogP contribution in [-0.2, 0) is 0 Å². The minimum absolute atomic E-state index is 0.768. The molecule has 0 saturated heterocycles. The maximum atomic E-state index is 7.78. The first-order valence-electron chi connectivity index (χ1n) is 9.49. The highest BCUT2D eigenvalue weighted by Crippen LogP contribution is 2.27. The predicted molar refractivity (Wildman–Crippen MR) is 124 cm³/mol. The van der Waals surface area contributed by atoms with Gasteiger partial charge in [-0.05, 0) is 39.0 Å². The number of methoxy groups -OCH3 is 3. The van der Waals surface area contributed by atoms with Gasteiger partial charge in [0, 0.05) is 15.6 Å². The zero-order valence-electron chi connectivity index (χ0n) is 17.8. The number of hydrogen-bond acceptors (Lipinski definition) is 3. The Balaban J connectivity index is 2.49. The normalized spacial score (nSPS) is 11.3. The predicted octanol–water partition coefficient (Wildman–Crippen LogP) is 3.84. The van der Waals surface area contributed by atoms with Crippen molar-refractivity contribution in [3.05, 3.63) is 71.3 Å². The molecule has 0 aliphatic carbocycles. The lowest BCUT2D eigenvalue weighted by Gasteiger charge is -2.31. The van der Waals surface area contributed by atoms with Crippen LogP contribution < -0.4 is 29.8 Å². The number of ether oxygens (including phenoxy) is 3. The van der Waals surface area contributed by atoms with Crippen LogP contribution in [0.3, 0.4) is 0 Å². The van der Waals surface area contributed by atoms with Crippen molar-refractivity contribution in [2.75, 3.05) is 21.3 Å². The molecule has 0 aliphatic rings. The van der Waals surface area contributed by atoms with Gasteiger partial charge in [-0.1, -0.05) is 53.1 Å². The average molecular weight is 427 g/mol. The molecule has 0 amide bonds. The van der Waals surface area contributed by atoms with E-state index in [1.54, 1.807) is 21.3 Å². The zero-order chi connectivity index (χ0) is 21.2. The summed E-state index contributed by atoms with van der Waals surface area (Å²) in [6, 6.07) is 18.4. The lowest BCUT2D eigenvalue weighted by molar-refractivity contribution is 0.416. The Morgan fingerprint density at radius 2 is 0.828 bits per heavy atom. The molecule has 3 aromatic carbocycles. The molecule has 5 heteroatoms. The van der Waals surface area contributed by atoms with Crippen LogP contribution in [-0.4, -0.2) is 28.7 Å². The third kappa shape index (κ3) is 3.87. The van der Waals surface area contributed by atoms with Crippen molar-refractivity contribution in [1.29, 1.82) is 0 Å². The third-order valence-corrected chi connectivity index (χ3v) is 10.4. The number of hydrogen-bond donors (Lipinski definition) is 0. The molecule has 0 spiro atoms. The summed E-state index contributed by atoms with van der Waals surface area (Å²) in [7, 11) is 1.97. The SMILES string of the molecule is COc1ccc(C)cc1[Si](Cl)(c1cc(C)ccc1OC)c1cc(C)ccc1OC. The topological polar surface area (TPSA) is 27.7 Å². The summed E-state index contributed by atoms with van der Waals surface area (Å²) in [5, 5.41) is 2.94. The fraction of sp³-hybridized carbons (Fsp3) is 0.250.